The van der Waals surface area contributed by atoms with Crippen molar-refractivity contribution in [1.29, 1.82) is 5.26 Å². The van der Waals surface area contributed by atoms with E-state index in [-0.39, 0.29) is 17.3 Å². The number of oxime groups is 1. The molecule has 0 radical (unpaired) electrons. The summed E-state index contributed by atoms with van der Waals surface area (Å²) in [5.74, 6) is -0.918. The average molecular weight is 392 g/mol. The molecule has 0 saturated heterocycles. The Kier molecular flexibility index (Phi) is 6.00. The van der Waals surface area contributed by atoms with Crippen LogP contribution in [0.5, 0.6) is 0 Å². The number of hydrogen-bond donors (Lipinski definition) is 1. The summed E-state index contributed by atoms with van der Waals surface area (Å²) in [4.78, 5) is 17.4. The largest absolute Gasteiger partial charge is 0.442 e. The van der Waals surface area contributed by atoms with E-state index in [0.29, 0.717) is 11.1 Å². The number of rotatable bonds is 7. The number of aliphatic hydroxyl groups excluding tert-OH is 1. The first-order valence-corrected chi connectivity index (χ1v) is 9.39. The molecule has 0 amide bonds. The maximum absolute atomic E-state index is 12.7. The Morgan fingerprint density at radius 3 is 2.48 bits per heavy atom. The Bertz CT molecular complexity index is 933. The molecule has 6 heteroatoms. The van der Waals surface area contributed by atoms with Crippen LogP contribution in [-0.2, 0) is 14.4 Å². The standard InChI is InChI=1S/C23H24N2O4/c1-23(2)18(14-25-28-3)20(23)22(27)29-19(13-24)16-10-7-11-17(12-16)21(26)15-8-5-4-6-9-15/h4-12,14,18-21,26H,1-3H3. The highest BCUT2D eigenvalue weighted by Gasteiger charge is 2.62. The zero-order valence-corrected chi connectivity index (χ0v) is 16.6. The highest BCUT2D eigenvalue weighted by molar-refractivity contribution is 5.85. The molecule has 2 aromatic rings. The lowest BCUT2D eigenvalue weighted by atomic mass is 9.98. The molecule has 1 N–H and O–H groups in total. The van der Waals surface area contributed by atoms with Crippen LogP contribution in [0.15, 0.2) is 59.8 Å². The van der Waals surface area contributed by atoms with Crippen molar-refractivity contribution >= 4 is 12.2 Å². The second kappa shape index (κ2) is 8.46. The number of esters is 1. The van der Waals surface area contributed by atoms with E-state index in [1.54, 1.807) is 30.5 Å². The Morgan fingerprint density at radius 2 is 1.83 bits per heavy atom. The summed E-state index contributed by atoms with van der Waals surface area (Å²) >= 11 is 0. The van der Waals surface area contributed by atoms with Crippen LogP contribution < -0.4 is 0 Å². The van der Waals surface area contributed by atoms with Gasteiger partial charge in [-0.05, 0) is 22.6 Å². The van der Waals surface area contributed by atoms with Gasteiger partial charge >= 0.3 is 5.97 Å². The van der Waals surface area contributed by atoms with Crippen molar-refractivity contribution in [2.75, 3.05) is 7.11 Å². The fourth-order valence-electron chi connectivity index (χ4n) is 3.61. The minimum atomic E-state index is -1.05. The molecule has 29 heavy (non-hydrogen) atoms. The third-order valence-corrected chi connectivity index (χ3v) is 5.49. The second-order valence-electron chi connectivity index (χ2n) is 7.69. The summed E-state index contributed by atoms with van der Waals surface area (Å²) < 4.78 is 5.51. The van der Waals surface area contributed by atoms with Crippen LogP contribution in [0.1, 0.15) is 42.7 Å². The summed E-state index contributed by atoms with van der Waals surface area (Å²) in [6.07, 6.45) is -0.283. The van der Waals surface area contributed by atoms with Crippen LogP contribution in [0, 0.1) is 28.6 Å². The molecule has 4 atom stereocenters. The Hall–Kier alpha value is -3.17. The van der Waals surface area contributed by atoms with Crippen LogP contribution in [0.4, 0.5) is 0 Å². The van der Waals surface area contributed by atoms with Crippen LogP contribution in [-0.4, -0.2) is 24.4 Å². The monoisotopic (exact) mass is 392 g/mol. The van der Waals surface area contributed by atoms with E-state index < -0.39 is 18.2 Å². The normalized spacial score (nSPS) is 21.8. The van der Waals surface area contributed by atoms with Gasteiger partial charge in [0.05, 0.1) is 5.92 Å². The van der Waals surface area contributed by atoms with Crippen molar-refractivity contribution in [1.82, 2.24) is 0 Å². The fraction of sp³-hybridized carbons (Fsp3) is 0.348. The summed E-state index contributed by atoms with van der Waals surface area (Å²) in [6, 6.07) is 18.2. The van der Waals surface area contributed by atoms with Gasteiger partial charge < -0.3 is 14.7 Å². The molecule has 0 heterocycles. The molecule has 6 nitrogen and oxygen atoms in total. The molecule has 1 aliphatic carbocycles. The lowest BCUT2D eigenvalue weighted by Crippen LogP contribution is -2.15. The Balaban J connectivity index is 1.75. The van der Waals surface area contributed by atoms with Gasteiger partial charge in [0.1, 0.15) is 19.3 Å². The summed E-state index contributed by atoms with van der Waals surface area (Å²) in [6.45, 7) is 3.90. The molecular formula is C23H24N2O4. The third-order valence-electron chi connectivity index (χ3n) is 5.49. The number of nitrogens with zero attached hydrogens (tertiary/aromatic N) is 2. The summed E-state index contributed by atoms with van der Waals surface area (Å²) in [5, 5.41) is 24.0. The van der Waals surface area contributed by atoms with Gasteiger partial charge in [0.25, 0.3) is 0 Å². The molecule has 1 fully saturated rings. The lowest BCUT2D eigenvalue weighted by molar-refractivity contribution is -0.149. The van der Waals surface area contributed by atoms with Gasteiger partial charge in [0, 0.05) is 17.7 Å². The highest BCUT2D eigenvalue weighted by Crippen LogP contribution is 2.58. The number of carbonyl (C=O) groups excluding carboxylic acids is 1. The molecule has 1 aliphatic rings. The quantitative estimate of drug-likeness (QED) is 0.440. The molecule has 0 aliphatic heterocycles. The van der Waals surface area contributed by atoms with Gasteiger partial charge in [-0.1, -0.05) is 67.5 Å². The van der Waals surface area contributed by atoms with Crippen molar-refractivity contribution in [2.24, 2.45) is 22.4 Å². The molecule has 2 aromatic carbocycles. The van der Waals surface area contributed by atoms with Gasteiger partial charge in [-0.3, -0.25) is 4.79 Å². The first kappa shape index (κ1) is 20.6. The van der Waals surface area contributed by atoms with Crippen LogP contribution >= 0.6 is 0 Å². The molecule has 0 aromatic heterocycles. The van der Waals surface area contributed by atoms with Crippen molar-refractivity contribution in [2.45, 2.75) is 26.1 Å². The third kappa shape index (κ3) is 4.30. The molecule has 0 bridgehead atoms. The Labute approximate surface area is 170 Å². The van der Waals surface area contributed by atoms with Crippen molar-refractivity contribution in [3.05, 3.63) is 71.3 Å². The van der Waals surface area contributed by atoms with E-state index in [2.05, 4.69) is 5.16 Å². The highest BCUT2D eigenvalue weighted by atomic mass is 16.6. The SMILES string of the molecule is CON=CC1C(C(=O)OC(C#N)c2cccc(C(O)c3ccccc3)c2)C1(C)C. The fourth-order valence-corrected chi connectivity index (χ4v) is 3.61. The maximum atomic E-state index is 12.7. The maximum Gasteiger partial charge on any atom is 0.311 e. The van der Waals surface area contributed by atoms with E-state index in [9.17, 15) is 15.2 Å². The van der Waals surface area contributed by atoms with Crippen molar-refractivity contribution in [3.8, 4) is 6.07 Å². The number of nitriles is 1. The number of ether oxygens (including phenoxy) is 1. The van der Waals surface area contributed by atoms with Crippen LogP contribution in [0.3, 0.4) is 0 Å². The van der Waals surface area contributed by atoms with Gasteiger partial charge in [0.15, 0.2) is 0 Å². The van der Waals surface area contributed by atoms with E-state index in [1.165, 1.54) is 7.11 Å². The van der Waals surface area contributed by atoms with Crippen molar-refractivity contribution in [3.63, 3.8) is 0 Å². The van der Waals surface area contributed by atoms with E-state index in [4.69, 9.17) is 9.57 Å². The number of hydrogen-bond acceptors (Lipinski definition) is 6. The van der Waals surface area contributed by atoms with E-state index >= 15 is 0 Å². The Morgan fingerprint density at radius 1 is 1.17 bits per heavy atom. The van der Waals surface area contributed by atoms with Gasteiger partial charge in [-0.15, -0.1) is 0 Å². The molecule has 1 saturated carbocycles. The van der Waals surface area contributed by atoms with Gasteiger partial charge in [0.2, 0.25) is 6.10 Å². The first-order chi connectivity index (χ1) is 13.9. The smallest absolute Gasteiger partial charge is 0.311 e. The van der Waals surface area contributed by atoms with Gasteiger partial charge in [-0.25, -0.2) is 0 Å². The summed E-state index contributed by atoms with van der Waals surface area (Å²) in [7, 11) is 1.45. The van der Waals surface area contributed by atoms with E-state index in [0.717, 1.165) is 5.56 Å². The second-order valence-corrected chi connectivity index (χ2v) is 7.69. The van der Waals surface area contributed by atoms with Crippen molar-refractivity contribution < 1.29 is 19.5 Å². The zero-order chi connectivity index (χ0) is 21.0. The number of benzene rings is 2. The number of carbonyl (C=O) groups is 1. The van der Waals surface area contributed by atoms with E-state index in [1.807, 2.05) is 50.2 Å². The zero-order valence-electron chi connectivity index (χ0n) is 16.6. The number of aliphatic hydroxyl groups is 1. The predicted molar refractivity (Wildman–Crippen MR) is 108 cm³/mol. The average Bonchev–Trinajstić information content (AvgIpc) is 3.30. The molecule has 4 unspecified atom stereocenters. The van der Waals surface area contributed by atoms with Crippen LogP contribution in [0.25, 0.3) is 0 Å². The summed E-state index contributed by atoms with van der Waals surface area (Å²) in [5.41, 5.74) is 1.59. The minimum Gasteiger partial charge on any atom is -0.442 e. The predicted octanol–water partition coefficient (Wildman–Crippen LogP) is 3.78. The topological polar surface area (TPSA) is 91.9 Å². The first-order valence-electron chi connectivity index (χ1n) is 9.39. The molecule has 0 spiro atoms. The van der Waals surface area contributed by atoms with Gasteiger partial charge in [-0.2, -0.15) is 5.26 Å². The lowest BCUT2D eigenvalue weighted by Gasteiger charge is -2.16. The minimum absolute atomic E-state index is 0.0967. The molecule has 150 valence electrons. The van der Waals surface area contributed by atoms with Crippen LogP contribution in [0.2, 0.25) is 0 Å². The molecule has 3 rings (SSSR count). The molecular weight excluding hydrogens is 368 g/mol.